The highest BCUT2D eigenvalue weighted by Crippen LogP contribution is 2.32. The van der Waals surface area contributed by atoms with Gasteiger partial charge in [0.05, 0.1) is 0 Å². The van der Waals surface area contributed by atoms with Gasteiger partial charge in [-0.15, -0.1) is 0 Å². The van der Waals surface area contributed by atoms with E-state index in [-0.39, 0.29) is 0 Å². The number of likely N-dealkylation sites (N-methyl/N-ethyl adjacent to an activating group) is 1. The molecule has 2 aliphatic heterocycles. The number of hydrogen-bond acceptors (Lipinski definition) is 14. The largest absolute Gasteiger partial charge is 0.480 e. The van der Waals surface area contributed by atoms with Gasteiger partial charge in [0, 0.05) is 6.42 Å². The van der Waals surface area contributed by atoms with Crippen LogP contribution in [0.5, 0.6) is 0 Å². The van der Waals surface area contributed by atoms with Crippen molar-refractivity contribution in [1.29, 1.82) is 0 Å². The van der Waals surface area contributed by atoms with Crippen molar-refractivity contribution in [2.24, 2.45) is 22.9 Å². The molecule has 18 N–H and O–H groups in total. The third-order valence-electron chi connectivity index (χ3n) is 13.2. The van der Waals surface area contributed by atoms with Crippen LogP contribution < -0.4 is 38.9 Å². The van der Waals surface area contributed by atoms with Crippen molar-refractivity contribution in [2.45, 2.75) is 188 Å². The average Bonchev–Trinajstić information content (AvgIpc) is 3.52. The van der Waals surface area contributed by atoms with Crippen molar-refractivity contribution in [2.75, 3.05) is 20.1 Å². The lowest BCUT2D eigenvalue weighted by molar-refractivity contribution is -0.147. The van der Waals surface area contributed by atoms with Crippen LogP contribution in [0.15, 0.2) is 30.3 Å². The standard InChI is InChI=1S/C12H15NO2.C8H15NO2.2C6H11NO2.C5H9NO2.C5H11NO2.C4H7NO2/c14-11(15)12(7-4-8-13-12)9-10-5-2-1-3-6-10;9-8(7(10)11)5-3-1-2-4-6-8;1-6(5(8)9)3-2-4-7-6;7-6(5(8)9)3-1-2-4-6;6-5(4(7)8)2-1-3-5;1-5(2,6-3)4(7)8;5-4(1-2-4)3(6)7/h1-3,5-6,13H,4,7-9H2,(H,14,15);1-6,9H2,(H,10,11);7H,2-4H2,1H3,(H,8,9);1-4,7H2,(H,8,9);1-3,6H2,(H,7,8);6H,1-3H3,(H,7,8);1-2,5H2,(H,6,7). The number of rotatable bonds is 10. The van der Waals surface area contributed by atoms with E-state index in [0.29, 0.717) is 57.8 Å². The highest BCUT2D eigenvalue weighted by Gasteiger charge is 2.46. The normalized spacial score (nSPS) is 24.3. The number of nitrogens with one attached hydrogen (secondary N) is 3. The Morgan fingerprint density at radius 3 is 1.10 bits per heavy atom. The molecule has 382 valence electrons. The topological polar surface area (TPSA) is 401 Å². The van der Waals surface area contributed by atoms with E-state index in [1.165, 1.54) is 0 Å². The smallest absolute Gasteiger partial charge is 0.324 e. The molecule has 0 spiro atoms. The Morgan fingerprint density at radius 2 is 0.881 bits per heavy atom. The molecule has 2 unspecified atom stereocenters. The lowest BCUT2D eigenvalue weighted by Crippen LogP contribution is -2.53. The van der Waals surface area contributed by atoms with E-state index in [9.17, 15) is 38.7 Å². The summed E-state index contributed by atoms with van der Waals surface area (Å²) in [4.78, 5) is 73.2. The summed E-state index contributed by atoms with van der Waals surface area (Å²) in [6.45, 7) is 6.58. The zero-order valence-electron chi connectivity index (χ0n) is 39.7. The second-order valence-corrected chi connectivity index (χ2v) is 19.2. The molecule has 6 aliphatic rings. The Hall–Kier alpha value is -4.77. The molecule has 21 heteroatoms. The maximum atomic E-state index is 11.3. The highest BCUT2D eigenvalue weighted by molar-refractivity contribution is 5.82. The number of hydrogen-bond donors (Lipinski definition) is 14. The fourth-order valence-corrected chi connectivity index (χ4v) is 7.26. The number of nitrogens with two attached hydrogens (primary N) is 4. The highest BCUT2D eigenvalue weighted by atomic mass is 16.4. The van der Waals surface area contributed by atoms with E-state index < -0.39 is 80.6 Å². The Balaban J connectivity index is 0.000000397. The summed E-state index contributed by atoms with van der Waals surface area (Å²) in [5.41, 5.74) is 17.1. The van der Waals surface area contributed by atoms with Gasteiger partial charge in [-0.1, -0.05) is 68.9 Å². The summed E-state index contributed by atoms with van der Waals surface area (Å²) in [6.07, 6.45) is 16.2. The van der Waals surface area contributed by atoms with Gasteiger partial charge in [-0.25, -0.2) is 0 Å². The quantitative estimate of drug-likeness (QED) is 0.150. The predicted octanol–water partition coefficient (Wildman–Crippen LogP) is 2.70. The molecule has 0 radical (unpaired) electrons. The second-order valence-electron chi connectivity index (χ2n) is 19.2. The lowest BCUT2D eigenvalue weighted by Gasteiger charge is -2.32. The Bertz CT molecular complexity index is 1710. The second kappa shape index (κ2) is 26.7. The first-order valence-corrected chi connectivity index (χ1v) is 23.0. The van der Waals surface area contributed by atoms with Crippen LogP contribution in [0.4, 0.5) is 0 Å². The van der Waals surface area contributed by atoms with Gasteiger partial charge in [0.15, 0.2) is 0 Å². The monoisotopic (exact) mass is 954 g/mol. The van der Waals surface area contributed by atoms with Crippen LogP contribution in [0, 0.1) is 0 Å². The van der Waals surface area contributed by atoms with Gasteiger partial charge < -0.3 is 74.6 Å². The molecule has 2 atom stereocenters. The molecule has 67 heavy (non-hydrogen) atoms. The van der Waals surface area contributed by atoms with Crippen molar-refractivity contribution in [3.63, 3.8) is 0 Å². The summed E-state index contributed by atoms with van der Waals surface area (Å²) in [5.74, 6) is -5.71. The van der Waals surface area contributed by atoms with Crippen molar-refractivity contribution < 1.29 is 69.3 Å². The molecule has 6 fully saturated rings. The van der Waals surface area contributed by atoms with E-state index in [1.807, 2.05) is 30.3 Å². The van der Waals surface area contributed by atoms with Gasteiger partial charge >= 0.3 is 41.8 Å². The minimum Gasteiger partial charge on any atom is -0.480 e. The number of carboxylic acids is 7. The maximum Gasteiger partial charge on any atom is 0.324 e. The van der Waals surface area contributed by atoms with E-state index >= 15 is 0 Å². The molecule has 7 rings (SSSR count). The molecular weight excluding hydrogens is 875 g/mol. The lowest BCUT2D eigenvalue weighted by atomic mass is 9.78. The van der Waals surface area contributed by atoms with Crippen LogP contribution in [0.2, 0.25) is 0 Å². The molecule has 0 amide bonds. The Kier molecular flexibility index (Phi) is 24.0. The molecular formula is C46H79N7O14. The van der Waals surface area contributed by atoms with Crippen LogP contribution in [0.25, 0.3) is 0 Å². The van der Waals surface area contributed by atoms with Gasteiger partial charge in [0.1, 0.15) is 38.8 Å². The van der Waals surface area contributed by atoms with Gasteiger partial charge in [-0.05, 0) is 130 Å². The Morgan fingerprint density at radius 1 is 0.507 bits per heavy atom. The fraction of sp³-hybridized carbons (Fsp3) is 0.717. The summed E-state index contributed by atoms with van der Waals surface area (Å²) in [7, 11) is 1.62. The zero-order chi connectivity index (χ0) is 51.3. The van der Waals surface area contributed by atoms with Gasteiger partial charge in [-0.3, -0.25) is 33.6 Å². The molecule has 0 aromatic heterocycles. The number of carboxylic acid groups (broad SMARTS) is 7. The van der Waals surface area contributed by atoms with Crippen molar-refractivity contribution in [3.05, 3.63) is 35.9 Å². The molecule has 4 saturated carbocycles. The van der Waals surface area contributed by atoms with E-state index in [2.05, 4.69) is 16.0 Å². The summed E-state index contributed by atoms with van der Waals surface area (Å²) in [6, 6.07) is 9.79. The van der Waals surface area contributed by atoms with Crippen molar-refractivity contribution in [1.82, 2.24) is 16.0 Å². The maximum absolute atomic E-state index is 11.3. The molecule has 21 nitrogen and oxygen atoms in total. The van der Waals surface area contributed by atoms with E-state index in [0.717, 1.165) is 89.3 Å². The third kappa shape index (κ3) is 19.8. The molecule has 1 aromatic rings. The number of benzene rings is 1. The van der Waals surface area contributed by atoms with Crippen molar-refractivity contribution in [3.8, 4) is 0 Å². The molecule has 2 saturated heterocycles. The minimum absolute atomic E-state index is 0.573. The van der Waals surface area contributed by atoms with Crippen molar-refractivity contribution >= 4 is 41.8 Å². The van der Waals surface area contributed by atoms with Crippen LogP contribution in [-0.2, 0) is 40.0 Å². The third-order valence-corrected chi connectivity index (χ3v) is 13.2. The minimum atomic E-state index is -0.920. The number of carbonyl (C=O) groups is 7. The first kappa shape index (κ1) is 60.2. The first-order valence-electron chi connectivity index (χ1n) is 23.0. The summed E-state index contributed by atoms with van der Waals surface area (Å²) >= 11 is 0. The predicted molar refractivity (Wildman–Crippen MR) is 249 cm³/mol. The molecule has 0 bridgehead atoms. The van der Waals surface area contributed by atoms with Gasteiger partial charge in [0.2, 0.25) is 0 Å². The summed E-state index contributed by atoms with van der Waals surface area (Å²) < 4.78 is 0. The van der Waals surface area contributed by atoms with E-state index in [1.54, 1.807) is 27.8 Å². The van der Waals surface area contributed by atoms with E-state index in [4.69, 9.17) is 53.6 Å². The molecule has 1 aromatic carbocycles. The van der Waals surface area contributed by atoms with Crippen LogP contribution >= 0.6 is 0 Å². The number of aliphatic carboxylic acids is 7. The van der Waals surface area contributed by atoms with Gasteiger partial charge in [-0.2, -0.15) is 0 Å². The molecule has 4 aliphatic carbocycles. The van der Waals surface area contributed by atoms with Crippen LogP contribution in [-0.4, -0.2) is 136 Å². The Labute approximate surface area is 393 Å². The summed E-state index contributed by atoms with van der Waals surface area (Å²) in [5, 5.41) is 68.8. The van der Waals surface area contributed by atoms with Crippen LogP contribution in [0.3, 0.4) is 0 Å². The first-order chi connectivity index (χ1) is 31.0. The van der Waals surface area contributed by atoms with Crippen LogP contribution in [0.1, 0.15) is 148 Å². The SMILES string of the molecule is CC1(C(=O)O)CCCN1.CNC(C)(C)C(=O)O.NC1(C(=O)O)CC1.NC1(C(=O)O)CCC1.NC1(C(=O)O)CCCC1.NC1(C(=O)O)CCCCCC1.O=C(O)C1(Cc2ccccc2)CCCN1. The fourth-order valence-electron chi connectivity index (χ4n) is 7.26. The average molecular weight is 954 g/mol. The zero-order valence-corrected chi connectivity index (χ0v) is 39.7. The molecule has 2 heterocycles. The van der Waals surface area contributed by atoms with Gasteiger partial charge in [0.25, 0.3) is 0 Å².